The van der Waals surface area contributed by atoms with Gasteiger partial charge in [0, 0.05) is 5.02 Å². The van der Waals surface area contributed by atoms with Crippen molar-refractivity contribution in [3.05, 3.63) is 69.7 Å². The third-order valence-corrected chi connectivity index (χ3v) is 5.30. The summed E-state index contributed by atoms with van der Waals surface area (Å²) in [5.41, 5.74) is 0.641. The minimum Gasteiger partial charge on any atom is -0.461 e. The number of benzene rings is 2. The van der Waals surface area contributed by atoms with Gasteiger partial charge in [0.05, 0.1) is 5.92 Å². The quantitative estimate of drug-likeness (QED) is 0.479. The normalized spacial score (nSPS) is 19.9. The van der Waals surface area contributed by atoms with Gasteiger partial charge in [-0.2, -0.15) is 0 Å². The number of halogens is 3. The molecule has 3 nitrogen and oxygen atoms in total. The molecule has 0 heterocycles. The molecule has 0 amide bonds. The van der Waals surface area contributed by atoms with Crippen LogP contribution in [0.4, 0.5) is 0 Å². The maximum Gasteiger partial charge on any atom is 0.310 e. The van der Waals surface area contributed by atoms with E-state index in [0.717, 1.165) is 5.56 Å². The lowest BCUT2D eigenvalue weighted by Crippen LogP contribution is -2.10. The average molecular weight is 426 g/mol. The SMILES string of the molecule is CC1(C)[C@H](C(=O)OCc2cccc(Oc3ccc(Cl)cc3)c2)[C@@H]1C=C(Cl)Cl. The molecule has 6 heteroatoms. The molecule has 0 unspecified atom stereocenters. The van der Waals surface area contributed by atoms with Gasteiger partial charge in [-0.15, -0.1) is 0 Å². The van der Waals surface area contributed by atoms with E-state index in [0.29, 0.717) is 16.5 Å². The van der Waals surface area contributed by atoms with Crippen LogP contribution in [0, 0.1) is 17.3 Å². The smallest absolute Gasteiger partial charge is 0.310 e. The summed E-state index contributed by atoms with van der Waals surface area (Å²) in [6.45, 7) is 4.17. The molecule has 142 valence electrons. The Hall–Kier alpha value is -1.68. The number of allylic oxidation sites excluding steroid dienone is 1. The van der Waals surface area contributed by atoms with Gasteiger partial charge in [0.2, 0.25) is 0 Å². The first-order valence-electron chi connectivity index (χ1n) is 8.49. The number of hydrogen-bond donors (Lipinski definition) is 0. The molecule has 0 bridgehead atoms. The second-order valence-corrected chi connectivity index (χ2v) is 8.54. The minimum absolute atomic E-state index is 0.00503. The number of ether oxygens (including phenoxy) is 2. The van der Waals surface area contributed by atoms with E-state index in [1.54, 1.807) is 30.3 Å². The van der Waals surface area contributed by atoms with Crippen LogP contribution in [0.3, 0.4) is 0 Å². The van der Waals surface area contributed by atoms with Crippen LogP contribution in [-0.2, 0) is 16.1 Å². The molecule has 1 aliphatic rings. The summed E-state index contributed by atoms with van der Waals surface area (Å²) in [5.74, 6) is 0.848. The molecule has 2 atom stereocenters. The average Bonchev–Trinajstić information content (AvgIpc) is 3.14. The fraction of sp³-hybridized carbons (Fsp3) is 0.286. The van der Waals surface area contributed by atoms with E-state index in [9.17, 15) is 4.79 Å². The summed E-state index contributed by atoms with van der Waals surface area (Å²) in [5, 5.41) is 0.648. The second kappa shape index (κ2) is 8.14. The highest BCUT2D eigenvalue weighted by molar-refractivity contribution is 6.55. The van der Waals surface area contributed by atoms with Crippen molar-refractivity contribution >= 4 is 40.8 Å². The zero-order chi connectivity index (χ0) is 19.6. The molecule has 0 N–H and O–H groups in total. The number of hydrogen-bond acceptors (Lipinski definition) is 3. The molecule has 0 saturated heterocycles. The monoisotopic (exact) mass is 424 g/mol. The van der Waals surface area contributed by atoms with Gasteiger partial charge in [-0.1, -0.05) is 60.8 Å². The van der Waals surface area contributed by atoms with Crippen LogP contribution in [0.1, 0.15) is 19.4 Å². The van der Waals surface area contributed by atoms with Crippen LogP contribution < -0.4 is 4.74 Å². The number of rotatable bonds is 6. The maximum absolute atomic E-state index is 12.4. The zero-order valence-corrected chi connectivity index (χ0v) is 17.2. The Morgan fingerprint density at radius 2 is 1.81 bits per heavy atom. The topological polar surface area (TPSA) is 35.5 Å². The van der Waals surface area contributed by atoms with Crippen molar-refractivity contribution in [3.8, 4) is 11.5 Å². The van der Waals surface area contributed by atoms with Crippen molar-refractivity contribution in [2.24, 2.45) is 17.3 Å². The lowest BCUT2D eigenvalue weighted by Gasteiger charge is -2.09. The Balaban J connectivity index is 1.59. The third kappa shape index (κ3) is 4.98. The molecule has 1 fully saturated rings. The van der Waals surface area contributed by atoms with Crippen molar-refractivity contribution < 1.29 is 14.3 Å². The predicted molar refractivity (Wildman–Crippen MR) is 108 cm³/mol. The van der Waals surface area contributed by atoms with E-state index in [1.807, 2.05) is 38.1 Å². The van der Waals surface area contributed by atoms with Gasteiger partial charge < -0.3 is 9.47 Å². The van der Waals surface area contributed by atoms with E-state index < -0.39 is 0 Å². The zero-order valence-electron chi connectivity index (χ0n) is 14.9. The summed E-state index contributed by atoms with van der Waals surface area (Å²) in [6.07, 6.45) is 1.70. The highest BCUT2D eigenvalue weighted by Crippen LogP contribution is 2.60. The molecule has 0 radical (unpaired) electrons. The molecular formula is C21H19Cl3O3. The first kappa shape index (κ1) is 20.1. The maximum atomic E-state index is 12.4. The minimum atomic E-state index is -0.250. The largest absolute Gasteiger partial charge is 0.461 e. The molecule has 2 aromatic rings. The van der Waals surface area contributed by atoms with Gasteiger partial charge in [0.1, 0.15) is 22.6 Å². The van der Waals surface area contributed by atoms with Crippen molar-refractivity contribution in [2.45, 2.75) is 20.5 Å². The van der Waals surface area contributed by atoms with Gasteiger partial charge in [-0.3, -0.25) is 4.79 Å². The van der Waals surface area contributed by atoms with Crippen LogP contribution in [0.25, 0.3) is 0 Å². The molecular weight excluding hydrogens is 407 g/mol. The van der Waals surface area contributed by atoms with Crippen LogP contribution in [0.5, 0.6) is 11.5 Å². The molecule has 27 heavy (non-hydrogen) atoms. The molecule has 0 spiro atoms. The third-order valence-electron chi connectivity index (χ3n) is 4.80. The summed E-state index contributed by atoms with van der Waals surface area (Å²) in [6, 6.07) is 14.5. The second-order valence-electron chi connectivity index (χ2n) is 7.09. The van der Waals surface area contributed by atoms with Crippen LogP contribution >= 0.6 is 34.8 Å². The first-order chi connectivity index (χ1) is 12.8. The number of esters is 1. The molecule has 2 aromatic carbocycles. The van der Waals surface area contributed by atoms with Crippen molar-refractivity contribution in [3.63, 3.8) is 0 Å². The molecule has 0 aliphatic heterocycles. The Bertz CT molecular complexity index is 855. The summed E-state index contributed by atoms with van der Waals surface area (Å²) >= 11 is 17.3. The van der Waals surface area contributed by atoms with Gasteiger partial charge in [-0.25, -0.2) is 0 Å². The summed E-state index contributed by atoms with van der Waals surface area (Å²) in [4.78, 5) is 12.4. The van der Waals surface area contributed by atoms with Gasteiger partial charge >= 0.3 is 5.97 Å². The van der Waals surface area contributed by atoms with Gasteiger partial charge in [0.15, 0.2) is 0 Å². The molecule has 1 aliphatic carbocycles. The molecule has 0 aromatic heterocycles. The highest BCUT2D eigenvalue weighted by Gasteiger charge is 2.61. The Morgan fingerprint density at radius 1 is 1.11 bits per heavy atom. The van der Waals surface area contributed by atoms with Gasteiger partial charge in [-0.05, 0) is 59.4 Å². The van der Waals surface area contributed by atoms with E-state index in [2.05, 4.69) is 0 Å². The van der Waals surface area contributed by atoms with Crippen molar-refractivity contribution in [1.29, 1.82) is 0 Å². The Labute approximate surface area is 173 Å². The lowest BCUT2D eigenvalue weighted by molar-refractivity contribution is -0.147. The number of carbonyl (C=O) groups excluding carboxylic acids is 1. The Morgan fingerprint density at radius 3 is 2.48 bits per heavy atom. The summed E-state index contributed by atoms with van der Waals surface area (Å²) in [7, 11) is 0. The fourth-order valence-electron chi connectivity index (χ4n) is 3.16. The van der Waals surface area contributed by atoms with Crippen molar-refractivity contribution in [1.82, 2.24) is 0 Å². The number of carbonyl (C=O) groups is 1. The van der Waals surface area contributed by atoms with Crippen molar-refractivity contribution in [2.75, 3.05) is 0 Å². The standard InChI is InChI=1S/C21H19Cl3O3/c1-21(2)17(11-18(23)24)19(21)20(25)26-12-13-4-3-5-16(10-13)27-15-8-6-14(22)7-9-15/h3-11,17,19H,12H2,1-2H3/t17-,19-/m0/s1. The molecule has 3 rings (SSSR count). The first-order valence-corrected chi connectivity index (χ1v) is 9.62. The van der Waals surface area contributed by atoms with E-state index >= 15 is 0 Å². The lowest BCUT2D eigenvalue weighted by atomic mass is 10.1. The van der Waals surface area contributed by atoms with Gasteiger partial charge in [0.25, 0.3) is 0 Å². The molecule has 1 saturated carbocycles. The Kier molecular flexibility index (Phi) is 6.05. The van der Waals surface area contributed by atoms with Crippen LogP contribution in [0.15, 0.2) is 59.1 Å². The van der Waals surface area contributed by atoms with E-state index in [1.165, 1.54) is 0 Å². The highest BCUT2D eigenvalue weighted by atomic mass is 35.5. The van der Waals surface area contributed by atoms with E-state index in [4.69, 9.17) is 44.3 Å². The van der Waals surface area contributed by atoms with Crippen LogP contribution in [-0.4, -0.2) is 5.97 Å². The summed E-state index contributed by atoms with van der Waals surface area (Å²) < 4.78 is 11.5. The van der Waals surface area contributed by atoms with E-state index in [-0.39, 0.29) is 34.3 Å². The predicted octanol–water partition coefficient (Wildman–Crippen LogP) is 6.77. The van der Waals surface area contributed by atoms with Crippen LogP contribution in [0.2, 0.25) is 5.02 Å². The fourth-order valence-corrected chi connectivity index (χ4v) is 3.55.